The number of phenolic OH excluding ortho intramolecular Hbond substituents is 1. The molecule has 16 heteroatoms. The standard InChI is InChI=1S/C18H19N11O4S/c1-3-32-13-6-10(4-5-12(13)30)7-20-23-17(31)14-11(8-34-18-24-21-9-28(18)2)29(27-22-14)16-15(19)25-33-26-16/h4-7,9,30H,3,8H2,1-2H3,(H2,19,25)(H,23,31)/b20-7+. The molecule has 0 spiro atoms. The summed E-state index contributed by atoms with van der Waals surface area (Å²) in [5.41, 5.74) is 9.16. The van der Waals surface area contributed by atoms with E-state index in [2.05, 4.69) is 46.0 Å². The highest BCUT2D eigenvalue weighted by Crippen LogP contribution is 2.26. The molecule has 0 aliphatic carbocycles. The highest BCUT2D eigenvalue weighted by atomic mass is 32.2. The van der Waals surface area contributed by atoms with E-state index in [9.17, 15) is 9.90 Å². The van der Waals surface area contributed by atoms with Crippen LogP contribution in [0.25, 0.3) is 5.82 Å². The van der Waals surface area contributed by atoms with E-state index in [-0.39, 0.29) is 28.8 Å². The van der Waals surface area contributed by atoms with Crippen LogP contribution in [-0.2, 0) is 12.8 Å². The quantitative estimate of drug-likeness (QED) is 0.169. The van der Waals surface area contributed by atoms with Crippen molar-refractivity contribution < 1.29 is 19.3 Å². The maximum atomic E-state index is 12.8. The van der Waals surface area contributed by atoms with E-state index in [1.54, 1.807) is 37.0 Å². The van der Waals surface area contributed by atoms with Crippen molar-refractivity contribution in [2.45, 2.75) is 17.8 Å². The van der Waals surface area contributed by atoms with Crippen molar-refractivity contribution in [2.24, 2.45) is 12.1 Å². The number of rotatable bonds is 9. The average molecular weight is 485 g/mol. The highest BCUT2D eigenvalue weighted by molar-refractivity contribution is 7.98. The molecule has 3 heterocycles. The van der Waals surface area contributed by atoms with Crippen LogP contribution < -0.4 is 15.9 Å². The average Bonchev–Trinajstić information content (AvgIpc) is 3.54. The lowest BCUT2D eigenvalue weighted by Gasteiger charge is -2.06. The van der Waals surface area contributed by atoms with Crippen LogP contribution in [-0.4, -0.2) is 63.9 Å². The number of nitrogens with two attached hydrogens (primary N) is 1. The number of aromatic nitrogens is 8. The number of phenols is 1. The minimum absolute atomic E-state index is 0.00469. The molecule has 0 saturated carbocycles. The van der Waals surface area contributed by atoms with Gasteiger partial charge in [-0.05, 0) is 41.0 Å². The second-order valence-corrected chi connectivity index (χ2v) is 7.58. The van der Waals surface area contributed by atoms with E-state index in [0.717, 1.165) is 0 Å². The van der Waals surface area contributed by atoms with Crippen LogP contribution in [0, 0.1) is 0 Å². The number of nitrogens with one attached hydrogen (secondary N) is 1. The number of hydrogen-bond acceptors (Lipinski definition) is 13. The van der Waals surface area contributed by atoms with Crippen LogP contribution in [0.5, 0.6) is 11.5 Å². The monoisotopic (exact) mass is 485 g/mol. The van der Waals surface area contributed by atoms with E-state index in [4.69, 9.17) is 10.5 Å². The van der Waals surface area contributed by atoms with Gasteiger partial charge in [-0.15, -0.1) is 15.3 Å². The molecule has 0 atom stereocenters. The van der Waals surface area contributed by atoms with Crippen LogP contribution in [0.2, 0.25) is 0 Å². The fraction of sp³-hybridized carbons (Fsp3) is 0.222. The van der Waals surface area contributed by atoms with E-state index >= 15 is 0 Å². The summed E-state index contributed by atoms with van der Waals surface area (Å²) in [6.07, 6.45) is 2.96. The number of amides is 1. The molecule has 0 saturated heterocycles. The van der Waals surface area contributed by atoms with Gasteiger partial charge in [-0.25, -0.2) is 10.1 Å². The second kappa shape index (κ2) is 9.99. The number of nitrogen functional groups attached to an aromatic ring is 1. The molecule has 15 nitrogen and oxygen atoms in total. The third kappa shape index (κ3) is 4.80. The fourth-order valence-corrected chi connectivity index (χ4v) is 3.63. The summed E-state index contributed by atoms with van der Waals surface area (Å²) < 4.78 is 13.0. The number of hydrogen-bond donors (Lipinski definition) is 3. The molecule has 176 valence electrons. The number of aromatic hydroxyl groups is 1. The van der Waals surface area contributed by atoms with Gasteiger partial charge in [-0.1, -0.05) is 17.0 Å². The summed E-state index contributed by atoms with van der Waals surface area (Å²) in [6.45, 7) is 2.19. The molecule has 1 amide bonds. The van der Waals surface area contributed by atoms with Gasteiger partial charge >= 0.3 is 0 Å². The SMILES string of the molecule is CCOc1cc(/C=N/NC(=O)c2nnn(-c3nonc3N)c2CSc2nncn2C)ccc1O. The molecular formula is C18H19N11O4S. The van der Waals surface area contributed by atoms with Gasteiger partial charge < -0.3 is 20.1 Å². The lowest BCUT2D eigenvalue weighted by atomic mass is 10.2. The first kappa shape index (κ1) is 22.7. The zero-order chi connectivity index (χ0) is 24.1. The zero-order valence-corrected chi connectivity index (χ0v) is 18.8. The topological polar surface area (TPSA) is 197 Å². The van der Waals surface area contributed by atoms with E-state index in [1.807, 2.05) is 0 Å². The smallest absolute Gasteiger partial charge is 0.293 e. The molecular weight excluding hydrogens is 466 g/mol. The first-order chi connectivity index (χ1) is 16.5. The number of carbonyl (C=O) groups is 1. The predicted octanol–water partition coefficient (Wildman–Crippen LogP) is 0.521. The summed E-state index contributed by atoms with van der Waals surface area (Å²) in [6, 6.07) is 4.68. The van der Waals surface area contributed by atoms with Gasteiger partial charge in [-0.2, -0.15) is 9.78 Å². The molecule has 0 aliphatic rings. The number of hydrazone groups is 1. The number of thioether (sulfide) groups is 1. The first-order valence-corrected chi connectivity index (χ1v) is 10.8. The number of benzene rings is 1. The maximum Gasteiger partial charge on any atom is 0.293 e. The van der Waals surface area contributed by atoms with Crippen molar-refractivity contribution in [3.05, 3.63) is 41.5 Å². The zero-order valence-electron chi connectivity index (χ0n) is 18.0. The van der Waals surface area contributed by atoms with Crippen molar-refractivity contribution in [2.75, 3.05) is 12.3 Å². The Morgan fingerprint density at radius 3 is 2.94 bits per heavy atom. The van der Waals surface area contributed by atoms with Gasteiger partial charge in [0.25, 0.3) is 5.91 Å². The summed E-state index contributed by atoms with van der Waals surface area (Å²) in [7, 11) is 1.79. The fourth-order valence-electron chi connectivity index (χ4n) is 2.75. The van der Waals surface area contributed by atoms with Crippen LogP contribution in [0.1, 0.15) is 28.7 Å². The maximum absolute atomic E-state index is 12.8. The number of ether oxygens (including phenoxy) is 1. The Morgan fingerprint density at radius 1 is 1.38 bits per heavy atom. The molecule has 1 aromatic carbocycles. The van der Waals surface area contributed by atoms with E-state index in [0.29, 0.717) is 28.8 Å². The van der Waals surface area contributed by atoms with Gasteiger partial charge in [0.15, 0.2) is 22.3 Å². The summed E-state index contributed by atoms with van der Waals surface area (Å²) in [4.78, 5) is 12.8. The molecule has 0 fully saturated rings. The van der Waals surface area contributed by atoms with E-state index in [1.165, 1.54) is 28.7 Å². The molecule has 0 bridgehead atoms. The first-order valence-electron chi connectivity index (χ1n) is 9.77. The van der Waals surface area contributed by atoms with Gasteiger partial charge in [0, 0.05) is 12.8 Å². The Bertz CT molecular complexity index is 1330. The van der Waals surface area contributed by atoms with Gasteiger partial charge in [0.1, 0.15) is 6.33 Å². The van der Waals surface area contributed by atoms with Crippen molar-refractivity contribution in [3.63, 3.8) is 0 Å². The molecule has 0 unspecified atom stereocenters. The van der Waals surface area contributed by atoms with Crippen LogP contribution >= 0.6 is 11.8 Å². The van der Waals surface area contributed by atoms with Gasteiger partial charge in [0.2, 0.25) is 11.6 Å². The number of anilines is 1. The van der Waals surface area contributed by atoms with Gasteiger partial charge in [-0.3, -0.25) is 4.79 Å². The Morgan fingerprint density at radius 2 is 2.24 bits per heavy atom. The Balaban J connectivity index is 1.55. The number of aryl methyl sites for hydroxylation is 1. The third-order valence-corrected chi connectivity index (χ3v) is 5.39. The van der Waals surface area contributed by atoms with Crippen molar-refractivity contribution in [1.82, 2.24) is 45.5 Å². The Labute approximate surface area is 195 Å². The largest absolute Gasteiger partial charge is 0.504 e. The Kier molecular flexibility index (Phi) is 6.67. The lowest BCUT2D eigenvalue weighted by Crippen LogP contribution is -2.20. The van der Waals surface area contributed by atoms with E-state index < -0.39 is 5.91 Å². The lowest BCUT2D eigenvalue weighted by molar-refractivity contribution is 0.0949. The summed E-state index contributed by atoms with van der Waals surface area (Å²) >= 11 is 1.30. The molecule has 3 aromatic heterocycles. The van der Waals surface area contributed by atoms with Crippen LogP contribution in [0.15, 0.2) is 39.4 Å². The molecule has 34 heavy (non-hydrogen) atoms. The predicted molar refractivity (Wildman–Crippen MR) is 119 cm³/mol. The third-order valence-electron chi connectivity index (χ3n) is 4.35. The van der Waals surface area contributed by atoms with Gasteiger partial charge in [0.05, 0.1) is 18.5 Å². The molecule has 0 radical (unpaired) electrons. The second-order valence-electron chi connectivity index (χ2n) is 6.64. The Hall–Kier alpha value is -4.47. The molecule has 0 aliphatic heterocycles. The minimum atomic E-state index is -0.616. The number of carbonyl (C=O) groups excluding carboxylic acids is 1. The summed E-state index contributed by atoms with van der Waals surface area (Å²) in [5, 5.41) is 37.4. The highest BCUT2D eigenvalue weighted by Gasteiger charge is 2.24. The molecule has 4 aromatic rings. The minimum Gasteiger partial charge on any atom is -0.504 e. The number of nitrogens with zero attached hydrogens (tertiary/aromatic N) is 9. The van der Waals surface area contributed by atoms with Crippen LogP contribution in [0.4, 0.5) is 5.82 Å². The van der Waals surface area contributed by atoms with Crippen LogP contribution in [0.3, 0.4) is 0 Å². The normalized spacial score (nSPS) is 11.2. The molecule has 4 rings (SSSR count). The van der Waals surface area contributed by atoms with Crippen molar-refractivity contribution in [3.8, 4) is 17.3 Å². The summed E-state index contributed by atoms with van der Waals surface area (Å²) in [5.74, 6) is 0.00534. The van der Waals surface area contributed by atoms with Crippen molar-refractivity contribution in [1.29, 1.82) is 0 Å². The molecule has 4 N–H and O–H groups in total. The van der Waals surface area contributed by atoms with Crippen molar-refractivity contribution >= 4 is 29.7 Å².